The van der Waals surface area contributed by atoms with E-state index in [4.69, 9.17) is 4.43 Å². The lowest BCUT2D eigenvalue weighted by molar-refractivity contribution is 0.0687. The predicted octanol–water partition coefficient (Wildman–Crippen LogP) is 2.49. The maximum Gasteiger partial charge on any atom is 0.192 e. The van der Waals surface area contributed by atoms with Crippen molar-refractivity contribution in [2.24, 2.45) is 0 Å². The molecule has 106 valence electrons. The molecule has 1 aliphatic carbocycles. The molecule has 0 bridgehead atoms. The smallest absolute Gasteiger partial charge is 0.192 e. The van der Waals surface area contributed by atoms with Gasteiger partial charge in [-0.15, -0.1) is 0 Å². The fourth-order valence-corrected chi connectivity index (χ4v) is 4.22. The van der Waals surface area contributed by atoms with Crippen molar-refractivity contribution in [3.63, 3.8) is 0 Å². The number of rotatable bonds is 2. The van der Waals surface area contributed by atoms with E-state index in [2.05, 4.69) is 44.5 Å². The summed E-state index contributed by atoms with van der Waals surface area (Å²) < 4.78 is 6.65. The molecule has 2 aliphatic rings. The third kappa shape index (κ3) is 2.98. The lowest BCUT2D eigenvalue weighted by Gasteiger charge is -2.47. The van der Waals surface area contributed by atoms with Crippen LogP contribution >= 0.6 is 0 Å². The first kappa shape index (κ1) is 14.5. The van der Waals surface area contributed by atoms with E-state index in [9.17, 15) is 0 Å². The van der Waals surface area contributed by atoms with Gasteiger partial charge in [0.15, 0.2) is 8.32 Å². The molecule has 1 saturated heterocycles. The Labute approximate surface area is 113 Å². The highest BCUT2D eigenvalue weighted by Crippen LogP contribution is 2.39. The molecule has 0 amide bonds. The average Bonchev–Trinajstić information content (AvgIpc) is 2.27. The molecule has 0 spiro atoms. The molecule has 2 fully saturated rings. The van der Waals surface area contributed by atoms with Crippen molar-refractivity contribution < 1.29 is 4.43 Å². The number of nitrogens with one attached hydrogen (secondary N) is 2. The van der Waals surface area contributed by atoms with Crippen LogP contribution in [-0.4, -0.2) is 39.6 Å². The highest BCUT2D eigenvalue weighted by atomic mass is 28.4. The Hall–Kier alpha value is 0.0969. The van der Waals surface area contributed by atoms with Crippen LogP contribution in [0.15, 0.2) is 0 Å². The standard InChI is InChI=1S/C14H30N2OSi/c1-14(2,3)18(4,5)17-12-8-6-7-11-13(12)16-10-9-15-11/h11-13,15-16H,6-10H2,1-5H3/t11-,12-,13-/m1/s1. The second-order valence-electron chi connectivity index (χ2n) is 7.39. The Morgan fingerprint density at radius 3 is 2.39 bits per heavy atom. The molecule has 18 heavy (non-hydrogen) atoms. The molecule has 1 heterocycles. The molecule has 0 radical (unpaired) electrons. The van der Waals surface area contributed by atoms with E-state index in [0.717, 1.165) is 13.1 Å². The highest BCUT2D eigenvalue weighted by Gasteiger charge is 2.43. The molecule has 0 aromatic rings. The van der Waals surface area contributed by atoms with Gasteiger partial charge < -0.3 is 15.1 Å². The molecule has 1 aliphatic heterocycles. The zero-order valence-electron chi connectivity index (χ0n) is 12.7. The summed E-state index contributed by atoms with van der Waals surface area (Å²) >= 11 is 0. The molecule has 0 aromatic carbocycles. The molecule has 1 saturated carbocycles. The van der Waals surface area contributed by atoms with E-state index in [1.165, 1.54) is 19.3 Å². The van der Waals surface area contributed by atoms with Crippen LogP contribution in [0.4, 0.5) is 0 Å². The van der Waals surface area contributed by atoms with Gasteiger partial charge >= 0.3 is 0 Å². The second kappa shape index (κ2) is 5.23. The van der Waals surface area contributed by atoms with Gasteiger partial charge in [-0.3, -0.25) is 0 Å². The molecule has 0 aromatic heterocycles. The van der Waals surface area contributed by atoms with Crippen molar-refractivity contribution >= 4 is 8.32 Å². The summed E-state index contributed by atoms with van der Waals surface area (Å²) in [5.41, 5.74) is 0. The summed E-state index contributed by atoms with van der Waals surface area (Å²) in [4.78, 5) is 0. The van der Waals surface area contributed by atoms with Crippen LogP contribution in [0.2, 0.25) is 18.1 Å². The average molecular weight is 270 g/mol. The Kier molecular flexibility index (Phi) is 4.22. The SMILES string of the molecule is CC(C)(C)[Si](C)(C)O[C@@H]1CCC[C@H]2NCCN[C@H]21. The molecule has 2 rings (SSSR count). The van der Waals surface area contributed by atoms with Crippen molar-refractivity contribution in [2.75, 3.05) is 13.1 Å². The zero-order chi connectivity index (χ0) is 13.4. The Bertz CT molecular complexity index is 286. The highest BCUT2D eigenvalue weighted by molar-refractivity contribution is 6.74. The minimum absolute atomic E-state index is 0.308. The number of fused-ring (bicyclic) bond motifs is 1. The normalized spacial score (nSPS) is 34.2. The van der Waals surface area contributed by atoms with Crippen molar-refractivity contribution in [3.8, 4) is 0 Å². The number of hydrogen-bond donors (Lipinski definition) is 2. The summed E-state index contributed by atoms with van der Waals surface area (Å²) in [5.74, 6) is 0. The molecule has 0 unspecified atom stereocenters. The van der Waals surface area contributed by atoms with E-state index in [0.29, 0.717) is 23.2 Å². The van der Waals surface area contributed by atoms with E-state index >= 15 is 0 Å². The van der Waals surface area contributed by atoms with Crippen LogP contribution in [0.3, 0.4) is 0 Å². The Morgan fingerprint density at radius 2 is 1.72 bits per heavy atom. The molecular formula is C14H30N2OSi. The third-order valence-electron chi connectivity index (χ3n) is 5.00. The third-order valence-corrected chi connectivity index (χ3v) is 9.51. The van der Waals surface area contributed by atoms with E-state index in [-0.39, 0.29) is 0 Å². The first-order chi connectivity index (χ1) is 8.31. The minimum Gasteiger partial charge on any atom is -0.412 e. The molecular weight excluding hydrogens is 240 g/mol. The van der Waals surface area contributed by atoms with Gasteiger partial charge in [0, 0.05) is 25.2 Å². The second-order valence-corrected chi connectivity index (χ2v) is 12.1. The maximum absolute atomic E-state index is 6.65. The summed E-state index contributed by atoms with van der Waals surface area (Å²) in [7, 11) is -1.64. The van der Waals surface area contributed by atoms with Crippen molar-refractivity contribution in [1.82, 2.24) is 10.6 Å². The van der Waals surface area contributed by atoms with Gasteiger partial charge in [0.2, 0.25) is 0 Å². The maximum atomic E-state index is 6.65. The molecule has 3 atom stereocenters. The number of hydrogen-bond acceptors (Lipinski definition) is 3. The lowest BCUT2D eigenvalue weighted by atomic mass is 9.87. The van der Waals surface area contributed by atoms with Gasteiger partial charge in [-0.25, -0.2) is 0 Å². The largest absolute Gasteiger partial charge is 0.412 e. The van der Waals surface area contributed by atoms with Crippen LogP contribution < -0.4 is 10.6 Å². The van der Waals surface area contributed by atoms with E-state index < -0.39 is 8.32 Å². The van der Waals surface area contributed by atoms with Gasteiger partial charge in [0.25, 0.3) is 0 Å². The van der Waals surface area contributed by atoms with Gasteiger partial charge in [0.1, 0.15) is 0 Å². The Morgan fingerprint density at radius 1 is 1.06 bits per heavy atom. The summed E-state index contributed by atoms with van der Waals surface area (Å²) in [6.45, 7) is 13.9. The van der Waals surface area contributed by atoms with Crippen LogP contribution in [0, 0.1) is 0 Å². The monoisotopic (exact) mass is 270 g/mol. The topological polar surface area (TPSA) is 33.3 Å². The fourth-order valence-electron chi connectivity index (χ4n) is 2.84. The van der Waals surface area contributed by atoms with Crippen molar-refractivity contribution in [1.29, 1.82) is 0 Å². The Balaban J connectivity index is 2.03. The first-order valence-corrected chi connectivity index (χ1v) is 10.4. The van der Waals surface area contributed by atoms with Crippen LogP contribution in [0.5, 0.6) is 0 Å². The number of piperazine rings is 1. The summed E-state index contributed by atoms with van der Waals surface area (Å²) in [6, 6.07) is 1.16. The van der Waals surface area contributed by atoms with Crippen molar-refractivity contribution in [2.45, 2.75) is 76.4 Å². The fraction of sp³-hybridized carbons (Fsp3) is 1.00. The van der Waals surface area contributed by atoms with Crippen LogP contribution in [0.1, 0.15) is 40.0 Å². The first-order valence-electron chi connectivity index (χ1n) is 7.46. The van der Waals surface area contributed by atoms with Gasteiger partial charge in [0.05, 0.1) is 6.10 Å². The van der Waals surface area contributed by atoms with Gasteiger partial charge in [-0.2, -0.15) is 0 Å². The molecule has 2 N–H and O–H groups in total. The van der Waals surface area contributed by atoms with Crippen LogP contribution in [0.25, 0.3) is 0 Å². The van der Waals surface area contributed by atoms with E-state index in [1.807, 2.05) is 0 Å². The molecule has 3 nitrogen and oxygen atoms in total. The summed E-state index contributed by atoms with van der Waals surface area (Å²) in [6.07, 6.45) is 4.24. The van der Waals surface area contributed by atoms with Gasteiger partial charge in [-0.05, 0) is 37.4 Å². The van der Waals surface area contributed by atoms with Crippen LogP contribution in [-0.2, 0) is 4.43 Å². The molecule has 4 heteroatoms. The van der Waals surface area contributed by atoms with Gasteiger partial charge in [-0.1, -0.05) is 20.8 Å². The minimum atomic E-state index is -1.64. The van der Waals surface area contributed by atoms with Crippen molar-refractivity contribution in [3.05, 3.63) is 0 Å². The quantitative estimate of drug-likeness (QED) is 0.756. The zero-order valence-corrected chi connectivity index (χ0v) is 13.7. The summed E-state index contributed by atoms with van der Waals surface area (Å²) in [5, 5.41) is 7.64. The predicted molar refractivity (Wildman–Crippen MR) is 79.5 cm³/mol. The lowest BCUT2D eigenvalue weighted by Crippen LogP contribution is -2.64. The van der Waals surface area contributed by atoms with E-state index in [1.54, 1.807) is 0 Å².